The molecule has 3 heterocycles. The quantitative estimate of drug-likeness (QED) is 0.723. The van der Waals surface area contributed by atoms with Gasteiger partial charge in [-0.1, -0.05) is 25.1 Å². The highest BCUT2D eigenvalue weighted by Gasteiger charge is 2.21. The van der Waals surface area contributed by atoms with Gasteiger partial charge < -0.3 is 14.5 Å². The summed E-state index contributed by atoms with van der Waals surface area (Å²) in [5.41, 5.74) is 3.90. The molecule has 4 rings (SSSR count). The summed E-state index contributed by atoms with van der Waals surface area (Å²) in [5.74, 6) is 1.95. The van der Waals surface area contributed by atoms with Gasteiger partial charge in [-0.2, -0.15) is 9.61 Å². The summed E-state index contributed by atoms with van der Waals surface area (Å²) in [7, 11) is 1.70. The van der Waals surface area contributed by atoms with Crippen LogP contribution in [-0.4, -0.2) is 59.3 Å². The minimum absolute atomic E-state index is 0.837. The van der Waals surface area contributed by atoms with Gasteiger partial charge in [0.25, 0.3) is 0 Å². The molecule has 0 saturated carbocycles. The third-order valence-electron chi connectivity index (χ3n) is 5.12. The van der Waals surface area contributed by atoms with Gasteiger partial charge >= 0.3 is 0 Å². The highest BCUT2D eigenvalue weighted by atomic mass is 16.5. The highest BCUT2D eigenvalue weighted by molar-refractivity contribution is 5.82. The largest absolute Gasteiger partial charge is 0.496 e. The Kier molecular flexibility index (Phi) is 4.51. The summed E-state index contributed by atoms with van der Waals surface area (Å²) in [6.07, 6.45) is 1.89. The number of aryl methyl sites for hydroxylation is 1. The van der Waals surface area contributed by atoms with E-state index < -0.39 is 0 Å². The van der Waals surface area contributed by atoms with E-state index in [-0.39, 0.29) is 0 Å². The van der Waals surface area contributed by atoms with E-state index in [0.29, 0.717) is 0 Å². The first kappa shape index (κ1) is 16.8. The fourth-order valence-electron chi connectivity index (χ4n) is 3.64. The Hall–Kier alpha value is -2.60. The van der Waals surface area contributed by atoms with Gasteiger partial charge in [0.1, 0.15) is 11.6 Å². The zero-order valence-electron chi connectivity index (χ0n) is 15.6. The number of fused-ring (bicyclic) bond motifs is 1. The third kappa shape index (κ3) is 2.90. The summed E-state index contributed by atoms with van der Waals surface area (Å²) in [6, 6.07) is 10.2. The SMILES string of the molecule is CCN1CCN(c2cc(C)nc3c(-c4ccccc4OC)cnn23)CC1. The maximum Gasteiger partial charge on any atom is 0.165 e. The number of para-hydroxylation sites is 1. The highest BCUT2D eigenvalue weighted by Crippen LogP contribution is 2.33. The van der Waals surface area contributed by atoms with Crippen LogP contribution in [0, 0.1) is 6.92 Å². The molecule has 26 heavy (non-hydrogen) atoms. The van der Waals surface area contributed by atoms with Crippen LogP contribution >= 0.6 is 0 Å². The number of benzene rings is 1. The minimum atomic E-state index is 0.837. The summed E-state index contributed by atoms with van der Waals surface area (Å²) in [5, 5.41) is 4.67. The van der Waals surface area contributed by atoms with Gasteiger partial charge in [-0.3, -0.25) is 0 Å². The van der Waals surface area contributed by atoms with Gasteiger partial charge in [0.15, 0.2) is 5.65 Å². The molecule has 0 radical (unpaired) electrons. The molecular weight excluding hydrogens is 326 g/mol. The van der Waals surface area contributed by atoms with Crippen molar-refractivity contribution in [3.8, 4) is 16.9 Å². The Morgan fingerprint density at radius 3 is 2.58 bits per heavy atom. The van der Waals surface area contributed by atoms with Gasteiger partial charge in [0.05, 0.1) is 18.9 Å². The molecule has 1 aliphatic rings. The van der Waals surface area contributed by atoms with E-state index in [1.54, 1.807) is 7.11 Å². The first-order valence-electron chi connectivity index (χ1n) is 9.17. The van der Waals surface area contributed by atoms with Crippen molar-refractivity contribution < 1.29 is 4.74 Å². The molecule has 2 aromatic heterocycles. The van der Waals surface area contributed by atoms with Crippen molar-refractivity contribution in [3.05, 3.63) is 42.2 Å². The molecule has 0 N–H and O–H groups in total. The topological polar surface area (TPSA) is 45.9 Å². The third-order valence-corrected chi connectivity index (χ3v) is 5.12. The minimum Gasteiger partial charge on any atom is -0.496 e. The van der Waals surface area contributed by atoms with Crippen molar-refractivity contribution in [2.24, 2.45) is 0 Å². The van der Waals surface area contributed by atoms with Gasteiger partial charge in [-0.15, -0.1) is 0 Å². The van der Waals surface area contributed by atoms with E-state index in [4.69, 9.17) is 9.72 Å². The second-order valence-corrected chi connectivity index (χ2v) is 6.67. The predicted molar refractivity (Wildman–Crippen MR) is 104 cm³/mol. The number of nitrogens with zero attached hydrogens (tertiary/aromatic N) is 5. The van der Waals surface area contributed by atoms with Crippen LogP contribution in [0.3, 0.4) is 0 Å². The molecule has 0 amide bonds. The number of anilines is 1. The van der Waals surface area contributed by atoms with Gasteiger partial charge in [-0.05, 0) is 19.5 Å². The molecule has 1 fully saturated rings. The molecule has 0 bridgehead atoms. The molecule has 0 spiro atoms. The molecule has 0 aliphatic carbocycles. The lowest BCUT2D eigenvalue weighted by molar-refractivity contribution is 0.270. The zero-order valence-corrected chi connectivity index (χ0v) is 15.6. The molecule has 6 heteroatoms. The molecule has 1 saturated heterocycles. The molecule has 1 aromatic carbocycles. The Balaban J connectivity index is 1.79. The van der Waals surface area contributed by atoms with Crippen LogP contribution in [0.25, 0.3) is 16.8 Å². The van der Waals surface area contributed by atoms with Crippen LogP contribution < -0.4 is 9.64 Å². The maximum absolute atomic E-state index is 5.54. The van der Waals surface area contributed by atoms with Crippen LogP contribution in [0.15, 0.2) is 36.5 Å². The lowest BCUT2D eigenvalue weighted by Crippen LogP contribution is -2.46. The van der Waals surface area contributed by atoms with Crippen molar-refractivity contribution in [2.45, 2.75) is 13.8 Å². The van der Waals surface area contributed by atoms with E-state index in [1.807, 2.05) is 35.8 Å². The first-order valence-corrected chi connectivity index (χ1v) is 9.17. The summed E-state index contributed by atoms with van der Waals surface area (Å²) >= 11 is 0. The molecule has 0 unspecified atom stereocenters. The zero-order chi connectivity index (χ0) is 18.1. The number of piperazine rings is 1. The lowest BCUT2D eigenvalue weighted by atomic mass is 10.1. The Morgan fingerprint density at radius 1 is 1.08 bits per heavy atom. The van der Waals surface area contributed by atoms with Gasteiger partial charge in [0, 0.05) is 43.5 Å². The first-order chi connectivity index (χ1) is 12.7. The van der Waals surface area contributed by atoms with E-state index in [2.05, 4.69) is 34.0 Å². The van der Waals surface area contributed by atoms with E-state index in [9.17, 15) is 0 Å². The average Bonchev–Trinajstić information content (AvgIpc) is 3.11. The second kappa shape index (κ2) is 6.96. The number of rotatable bonds is 4. The summed E-state index contributed by atoms with van der Waals surface area (Å²) in [4.78, 5) is 9.67. The van der Waals surface area contributed by atoms with Gasteiger partial charge in [-0.25, -0.2) is 4.98 Å². The van der Waals surface area contributed by atoms with Crippen LogP contribution in [0.1, 0.15) is 12.6 Å². The number of hydrogen-bond acceptors (Lipinski definition) is 5. The van der Waals surface area contributed by atoms with E-state index in [0.717, 1.165) is 66.8 Å². The lowest BCUT2D eigenvalue weighted by Gasteiger charge is -2.35. The standard InChI is InChI=1S/C20H25N5O/c1-4-23-9-11-24(12-10-23)19-13-15(2)22-20-17(14-21-25(19)20)16-7-5-6-8-18(16)26-3/h5-8,13-14H,4,9-12H2,1-3H3. The normalized spacial score (nSPS) is 15.6. The Morgan fingerprint density at radius 2 is 1.85 bits per heavy atom. The van der Waals surface area contributed by atoms with Crippen LogP contribution in [0.5, 0.6) is 5.75 Å². The van der Waals surface area contributed by atoms with Crippen LogP contribution in [0.4, 0.5) is 5.82 Å². The number of likely N-dealkylation sites (N-methyl/N-ethyl adjacent to an activating group) is 1. The van der Waals surface area contributed by atoms with Gasteiger partial charge in [0.2, 0.25) is 0 Å². The van der Waals surface area contributed by atoms with E-state index >= 15 is 0 Å². The van der Waals surface area contributed by atoms with Crippen molar-refractivity contribution in [1.82, 2.24) is 19.5 Å². The molecule has 0 atom stereocenters. The molecule has 1 aliphatic heterocycles. The summed E-state index contributed by atoms with van der Waals surface area (Å²) in [6.45, 7) is 9.56. The van der Waals surface area contributed by atoms with Crippen molar-refractivity contribution >= 4 is 11.5 Å². The number of aromatic nitrogens is 3. The Bertz CT molecular complexity index is 912. The number of methoxy groups -OCH3 is 1. The summed E-state index contributed by atoms with van der Waals surface area (Å²) < 4.78 is 7.51. The molecule has 136 valence electrons. The monoisotopic (exact) mass is 351 g/mol. The van der Waals surface area contributed by atoms with Crippen molar-refractivity contribution in [1.29, 1.82) is 0 Å². The molecule has 3 aromatic rings. The second-order valence-electron chi connectivity index (χ2n) is 6.67. The van der Waals surface area contributed by atoms with Crippen molar-refractivity contribution in [2.75, 3.05) is 44.7 Å². The average molecular weight is 351 g/mol. The fourth-order valence-corrected chi connectivity index (χ4v) is 3.64. The molecule has 6 nitrogen and oxygen atoms in total. The smallest absolute Gasteiger partial charge is 0.165 e. The Labute approximate surface area is 154 Å². The van der Waals surface area contributed by atoms with Crippen molar-refractivity contribution in [3.63, 3.8) is 0 Å². The predicted octanol–water partition coefficient (Wildman–Crippen LogP) is 2.86. The fraction of sp³-hybridized carbons (Fsp3) is 0.400. The number of ether oxygens (including phenoxy) is 1. The molecular formula is C20H25N5O. The van der Waals surface area contributed by atoms with E-state index in [1.165, 1.54) is 0 Å². The maximum atomic E-state index is 5.54. The van der Waals surface area contributed by atoms with Crippen LogP contribution in [0.2, 0.25) is 0 Å². The number of hydrogen-bond donors (Lipinski definition) is 0. The van der Waals surface area contributed by atoms with Crippen LogP contribution in [-0.2, 0) is 0 Å².